The van der Waals surface area contributed by atoms with E-state index in [4.69, 9.17) is 12.2 Å². The largest absolute Gasteiger partial charge is 0.435 e. The number of alkyl halides is 5. The van der Waals surface area contributed by atoms with Crippen molar-refractivity contribution >= 4 is 23.0 Å². The van der Waals surface area contributed by atoms with Gasteiger partial charge in [-0.05, 0) is 62.2 Å². The van der Waals surface area contributed by atoms with Crippen LogP contribution in [0.15, 0.2) is 24.3 Å². The van der Waals surface area contributed by atoms with Gasteiger partial charge in [-0.2, -0.15) is 27.1 Å². The number of hydrogen-bond donors (Lipinski definition) is 2. The maximum atomic E-state index is 12.9. The van der Waals surface area contributed by atoms with Gasteiger partial charge in [0.05, 0.1) is 5.69 Å². The Bertz CT molecular complexity index is 896. The molecule has 5 nitrogen and oxygen atoms in total. The number of aromatic nitrogens is 2. The van der Waals surface area contributed by atoms with E-state index in [1.165, 1.54) is 10.7 Å². The predicted molar refractivity (Wildman–Crippen MR) is 106 cm³/mol. The predicted octanol–water partition coefficient (Wildman–Crippen LogP) is 5.07. The molecule has 11 heteroatoms. The van der Waals surface area contributed by atoms with E-state index in [2.05, 4.69) is 20.5 Å². The van der Waals surface area contributed by atoms with Crippen LogP contribution in [0.2, 0.25) is 0 Å². The number of benzene rings is 1. The Balaban J connectivity index is 1.52. The van der Waals surface area contributed by atoms with Crippen LogP contribution >= 0.6 is 12.2 Å². The lowest BCUT2D eigenvalue weighted by molar-refractivity contribution is -0.141. The fourth-order valence-electron chi connectivity index (χ4n) is 2.99. The Morgan fingerprint density at radius 3 is 2.67 bits per heavy atom. The van der Waals surface area contributed by atoms with Gasteiger partial charge < -0.3 is 15.4 Å². The molecule has 1 aliphatic carbocycles. The van der Waals surface area contributed by atoms with Crippen molar-refractivity contribution in [3.63, 3.8) is 0 Å². The Labute approximate surface area is 175 Å². The third-order valence-electron chi connectivity index (χ3n) is 4.53. The van der Waals surface area contributed by atoms with E-state index in [1.54, 1.807) is 19.1 Å². The van der Waals surface area contributed by atoms with Gasteiger partial charge in [0.2, 0.25) is 0 Å². The molecule has 0 unspecified atom stereocenters. The number of ether oxygens (including phenoxy) is 1. The van der Waals surface area contributed by atoms with Gasteiger partial charge in [0.1, 0.15) is 5.75 Å². The molecule has 1 saturated carbocycles. The zero-order valence-corrected chi connectivity index (χ0v) is 16.9. The summed E-state index contributed by atoms with van der Waals surface area (Å²) in [5.41, 5.74) is 0.858. The SMILES string of the molecule is Cc1ccc(OC(F)F)c(NC(=S)NCCCn2nc(C(F)(F)F)cc2C2CC2)c1. The number of halogens is 5. The maximum Gasteiger partial charge on any atom is 0.435 e. The zero-order chi connectivity index (χ0) is 21.9. The first-order valence-corrected chi connectivity index (χ1v) is 9.79. The lowest BCUT2D eigenvalue weighted by Gasteiger charge is -2.15. The van der Waals surface area contributed by atoms with Gasteiger partial charge in [0.15, 0.2) is 10.8 Å². The van der Waals surface area contributed by atoms with Crippen LogP contribution in [0.4, 0.5) is 27.6 Å². The van der Waals surface area contributed by atoms with Gasteiger partial charge in [0.25, 0.3) is 0 Å². The molecule has 0 aliphatic heterocycles. The van der Waals surface area contributed by atoms with Crippen LogP contribution in [0.5, 0.6) is 5.75 Å². The number of anilines is 1. The molecule has 0 radical (unpaired) electrons. The summed E-state index contributed by atoms with van der Waals surface area (Å²) in [6, 6.07) is 5.80. The Morgan fingerprint density at radius 1 is 1.30 bits per heavy atom. The molecule has 0 atom stereocenters. The molecule has 1 aliphatic rings. The second-order valence-corrected chi connectivity index (χ2v) is 7.47. The van der Waals surface area contributed by atoms with Gasteiger partial charge in [-0.1, -0.05) is 6.07 Å². The average Bonchev–Trinajstić information content (AvgIpc) is 3.39. The van der Waals surface area contributed by atoms with Crippen LogP contribution in [-0.2, 0) is 12.7 Å². The van der Waals surface area contributed by atoms with Crippen LogP contribution in [0.3, 0.4) is 0 Å². The Kier molecular flexibility index (Phi) is 6.79. The van der Waals surface area contributed by atoms with Crippen molar-refractivity contribution in [3.8, 4) is 5.75 Å². The standard InChI is InChI=1S/C19H21F5N4OS/c1-11-3-6-15(29-17(20)21)13(9-11)26-18(30)25-7-2-8-28-14(12-4-5-12)10-16(27-28)19(22,23)24/h3,6,9-10,12,17H,2,4-5,7-8H2,1H3,(H2,25,26,30). The van der Waals surface area contributed by atoms with E-state index in [1.807, 2.05) is 0 Å². The number of hydrogen-bond acceptors (Lipinski definition) is 3. The summed E-state index contributed by atoms with van der Waals surface area (Å²) in [5, 5.41) is 9.62. The van der Waals surface area contributed by atoms with Gasteiger partial charge in [-0.3, -0.25) is 4.68 Å². The maximum absolute atomic E-state index is 12.9. The molecule has 2 aromatic rings. The number of thiocarbonyl (C=S) groups is 1. The molecule has 3 rings (SSSR count). The van der Waals surface area contributed by atoms with Crippen LogP contribution < -0.4 is 15.4 Å². The highest BCUT2D eigenvalue weighted by Gasteiger charge is 2.37. The van der Waals surface area contributed by atoms with E-state index in [9.17, 15) is 22.0 Å². The van der Waals surface area contributed by atoms with Crippen molar-refractivity contribution in [2.75, 3.05) is 11.9 Å². The summed E-state index contributed by atoms with van der Waals surface area (Å²) in [4.78, 5) is 0. The molecular formula is C19H21F5N4OS. The van der Waals surface area contributed by atoms with Gasteiger partial charge in [0, 0.05) is 24.7 Å². The number of nitrogens with zero attached hydrogens (tertiary/aromatic N) is 2. The molecule has 1 heterocycles. The number of nitrogens with one attached hydrogen (secondary N) is 2. The normalized spacial score (nSPS) is 14.1. The van der Waals surface area contributed by atoms with Crippen LogP contribution in [-0.4, -0.2) is 28.0 Å². The molecular weight excluding hydrogens is 427 g/mol. The summed E-state index contributed by atoms with van der Waals surface area (Å²) in [6.07, 6.45) is -2.25. The molecule has 1 aromatic heterocycles. The topological polar surface area (TPSA) is 51.1 Å². The van der Waals surface area contributed by atoms with Gasteiger partial charge in [-0.25, -0.2) is 0 Å². The zero-order valence-electron chi connectivity index (χ0n) is 16.1. The molecule has 30 heavy (non-hydrogen) atoms. The van der Waals surface area contributed by atoms with Crippen LogP contribution in [0.1, 0.15) is 42.1 Å². The third-order valence-corrected chi connectivity index (χ3v) is 4.78. The van der Waals surface area contributed by atoms with Crippen LogP contribution in [0.25, 0.3) is 0 Å². The molecule has 164 valence electrons. The minimum absolute atomic E-state index is 0.0370. The smallest absolute Gasteiger partial charge is 0.433 e. The van der Waals surface area contributed by atoms with E-state index >= 15 is 0 Å². The highest BCUT2D eigenvalue weighted by atomic mass is 32.1. The van der Waals surface area contributed by atoms with E-state index in [-0.39, 0.29) is 16.8 Å². The lowest BCUT2D eigenvalue weighted by Crippen LogP contribution is -2.30. The molecule has 0 saturated heterocycles. The lowest BCUT2D eigenvalue weighted by atomic mass is 10.2. The first-order chi connectivity index (χ1) is 14.1. The minimum Gasteiger partial charge on any atom is -0.433 e. The van der Waals surface area contributed by atoms with Crippen molar-refractivity contribution < 1.29 is 26.7 Å². The quantitative estimate of drug-likeness (QED) is 0.336. The van der Waals surface area contributed by atoms with Crippen molar-refractivity contribution in [1.29, 1.82) is 0 Å². The van der Waals surface area contributed by atoms with Crippen molar-refractivity contribution in [2.24, 2.45) is 0 Å². The number of aryl methyl sites for hydroxylation is 2. The highest BCUT2D eigenvalue weighted by Crippen LogP contribution is 2.42. The summed E-state index contributed by atoms with van der Waals surface area (Å²) in [7, 11) is 0. The highest BCUT2D eigenvalue weighted by molar-refractivity contribution is 7.80. The number of rotatable bonds is 8. The fourth-order valence-corrected chi connectivity index (χ4v) is 3.21. The summed E-state index contributed by atoms with van der Waals surface area (Å²) < 4.78 is 69.8. The molecule has 1 aromatic carbocycles. The van der Waals surface area contributed by atoms with E-state index in [0.29, 0.717) is 30.9 Å². The first kappa shape index (κ1) is 22.3. The van der Waals surface area contributed by atoms with E-state index in [0.717, 1.165) is 24.5 Å². The third kappa shape index (κ3) is 6.04. The monoisotopic (exact) mass is 448 g/mol. The second kappa shape index (κ2) is 9.15. The summed E-state index contributed by atoms with van der Waals surface area (Å²) in [6.45, 7) is -0.494. The van der Waals surface area contributed by atoms with E-state index < -0.39 is 18.5 Å². The minimum atomic E-state index is -4.47. The van der Waals surface area contributed by atoms with Gasteiger partial charge >= 0.3 is 12.8 Å². The van der Waals surface area contributed by atoms with Crippen molar-refractivity contribution in [2.45, 2.75) is 51.4 Å². The molecule has 0 spiro atoms. The Morgan fingerprint density at radius 2 is 2.03 bits per heavy atom. The van der Waals surface area contributed by atoms with Crippen molar-refractivity contribution in [3.05, 3.63) is 41.2 Å². The average molecular weight is 448 g/mol. The van der Waals surface area contributed by atoms with Crippen molar-refractivity contribution in [1.82, 2.24) is 15.1 Å². The Hall–Kier alpha value is -2.43. The molecule has 1 fully saturated rings. The fraction of sp³-hybridized carbons (Fsp3) is 0.474. The second-order valence-electron chi connectivity index (χ2n) is 7.06. The van der Waals surface area contributed by atoms with Crippen LogP contribution in [0, 0.1) is 6.92 Å². The molecule has 2 N–H and O–H groups in total. The van der Waals surface area contributed by atoms with Gasteiger partial charge in [-0.15, -0.1) is 0 Å². The summed E-state index contributed by atoms with van der Waals surface area (Å²) in [5.74, 6) is 0.101. The molecule has 0 bridgehead atoms. The molecule has 0 amide bonds. The summed E-state index contributed by atoms with van der Waals surface area (Å²) >= 11 is 5.18. The first-order valence-electron chi connectivity index (χ1n) is 9.38.